The van der Waals surface area contributed by atoms with E-state index >= 15 is 0 Å². The van der Waals surface area contributed by atoms with E-state index < -0.39 is 11.8 Å². The minimum absolute atomic E-state index is 0.121. The lowest BCUT2D eigenvalue weighted by Crippen LogP contribution is -2.45. The van der Waals surface area contributed by atoms with Crippen molar-refractivity contribution < 1.29 is 19.1 Å². The van der Waals surface area contributed by atoms with Crippen molar-refractivity contribution in [3.05, 3.63) is 58.1 Å². The molecule has 0 radical (unpaired) electrons. The number of aryl methyl sites for hydroxylation is 1. The van der Waals surface area contributed by atoms with E-state index in [4.69, 9.17) is 16.3 Å². The Hall–Kier alpha value is -2.81. The summed E-state index contributed by atoms with van der Waals surface area (Å²) in [6.07, 6.45) is 1.64. The van der Waals surface area contributed by atoms with Gasteiger partial charge in [-0.1, -0.05) is 41.1 Å². The molecule has 2 aliphatic heterocycles. The minimum atomic E-state index is -0.459. The molecule has 32 heavy (non-hydrogen) atoms. The first-order valence-corrected chi connectivity index (χ1v) is 11.6. The van der Waals surface area contributed by atoms with Gasteiger partial charge in [-0.15, -0.1) is 0 Å². The highest BCUT2D eigenvalue weighted by Crippen LogP contribution is 2.36. The summed E-state index contributed by atoms with van der Waals surface area (Å²) in [7, 11) is 0. The predicted molar refractivity (Wildman–Crippen MR) is 123 cm³/mol. The van der Waals surface area contributed by atoms with Crippen LogP contribution >= 0.6 is 22.9 Å². The standard InChI is InChI=1S/C23H20ClN3O4S/c1-13-8-9-17(24)20-19(13)25-23(32-20)26(11-14-5-4-10-31-14)18(28)12-27-21(29)15-6-2-3-7-16(15)22(27)30/h2-3,6-9,14H,4-5,10-12H2,1H3. The monoisotopic (exact) mass is 469 g/mol. The van der Waals surface area contributed by atoms with Gasteiger partial charge in [0.25, 0.3) is 11.8 Å². The maximum absolute atomic E-state index is 13.4. The molecule has 3 aromatic rings. The number of nitrogens with zero attached hydrogens (tertiary/aromatic N) is 3. The molecule has 1 saturated heterocycles. The molecule has 164 valence electrons. The van der Waals surface area contributed by atoms with Crippen LogP contribution in [0.4, 0.5) is 5.13 Å². The van der Waals surface area contributed by atoms with Gasteiger partial charge in [-0.2, -0.15) is 0 Å². The van der Waals surface area contributed by atoms with Crippen molar-refractivity contribution in [2.45, 2.75) is 25.9 Å². The lowest BCUT2D eigenvalue weighted by molar-refractivity contribution is -0.119. The van der Waals surface area contributed by atoms with Crippen LogP contribution in [0.25, 0.3) is 10.2 Å². The number of rotatable bonds is 5. The summed E-state index contributed by atoms with van der Waals surface area (Å²) < 4.78 is 6.55. The van der Waals surface area contributed by atoms with E-state index in [2.05, 4.69) is 4.98 Å². The van der Waals surface area contributed by atoms with E-state index in [9.17, 15) is 14.4 Å². The zero-order valence-electron chi connectivity index (χ0n) is 17.3. The van der Waals surface area contributed by atoms with Crippen molar-refractivity contribution in [3.63, 3.8) is 0 Å². The highest BCUT2D eigenvalue weighted by atomic mass is 35.5. The molecular formula is C23H20ClN3O4S. The smallest absolute Gasteiger partial charge is 0.262 e. The van der Waals surface area contributed by atoms with Gasteiger partial charge in [-0.3, -0.25) is 24.2 Å². The molecule has 0 bridgehead atoms. The Balaban J connectivity index is 1.47. The molecule has 0 spiro atoms. The van der Waals surface area contributed by atoms with Crippen LogP contribution in [0.3, 0.4) is 0 Å². The fourth-order valence-corrected chi connectivity index (χ4v) is 5.43. The first-order valence-electron chi connectivity index (χ1n) is 10.4. The Kier molecular flexibility index (Phi) is 5.44. The zero-order chi connectivity index (χ0) is 22.4. The van der Waals surface area contributed by atoms with Gasteiger partial charge in [-0.05, 0) is 43.5 Å². The molecule has 1 unspecified atom stereocenters. The minimum Gasteiger partial charge on any atom is -0.376 e. The normalized spacial score (nSPS) is 17.9. The molecule has 9 heteroatoms. The lowest BCUT2D eigenvalue weighted by atomic mass is 10.1. The number of benzene rings is 2. The molecule has 2 aromatic carbocycles. The molecule has 2 aliphatic rings. The molecule has 0 aliphatic carbocycles. The third-order valence-corrected chi connectivity index (χ3v) is 7.34. The quantitative estimate of drug-likeness (QED) is 0.526. The second kappa shape index (κ2) is 8.27. The number of thiazole rings is 1. The van der Waals surface area contributed by atoms with Crippen LogP contribution in [0, 0.1) is 6.92 Å². The maximum atomic E-state index is 13.4. The molecule has 1 atom stereocenters. The van der Waals surface area contributed by atoms with Gasteiger partial charge >= 0.3 is 0 Å². The summed E-state index contributed by atoms with van der Waals surface area (Å²) in [5.74, 6) is -1.30. The Morgan fingerprint density at radius 2 is 1.94 bits per heavy atom. The molecule has 1 fully saturated rings. The van der Waals surface area contributed by atoms with Crippen LogP contribution in [-0.4, -0.2) is 53.4 Å². The molecule has 1 aromatic heterocycles. The topological polar surface area (TPSA) is 79.8 Å². The van der Waals surface area contributed by atoms with Gasteiger partial charge in [0, 0.05) is 6.61 Å². The molecule has 0 saturated carbocycles. The first-order chi connectivity index (χ1) is 15.4. The van der Waals surface area contributed by atoms with Gasteiger partial charge < -0.3 is 4.74 Å². The largest absolute Gasteiger partial charge is 0.376 e. The van der Waals surface area contributed by atoms with Crippen molar-refractivity contribution in [1.29, 1.82) is 0 Å². The lowest BCUT2D eigenvalue weighted by Gasteiger charge is -2.25. The maximum Gasteiger partial charge on any atom is 0.262 e. The van der Waals surface area contributed by atoms with Crippen molar-refractivity contribution in [1.82, 2.24) is 9.88 Å². The summed E-state index contributed by atoms with van der Waals surface area (Å²) in [6.45, 7) is 2.53. The third-order valence-electron chi connectivity index (χ3n) is 5.80. The summed E-state index contributed by atoms with van der Waals surface area (Å²) in [6, 6.07) is 10.3. The number of anilines is 1. The molecule has 3 amide bonds. The summed E-state index contributed by atoms with van der Waals surface area (Å²) in [4.78, 5) is 46.2. The van der Waals surface area contributed by atoms with E-state index in [-0.39, 0.29) is 18.6 Å². The molecular weight excluding hydrogens is 450 g/mol. The van der Waals surface area contributed by atoms with Crippen LogP contribution in [-0.2, 0) is 9.53 Å². The predicted octanol–water partition coefficient (Wildman–Crippen LogP) is 4.07. The van der Waals surface area contributed by atoms with Gasteiger partial charge in [0.05, 0.1) is 39.0 Å². The average Bonchev–Trinajstić information content (AvgIpc) is 3.52. The number of amides is 3. The van der Waals surface area contributed by atoms with Crippen LogP contribution in [0.2, 0.25) is 5.02 Å². The Morgan fingerprint density at radius 3 is 2.56 bits per heavy atom. The Bertz CT molecular complexity index is 1180. The summed E-state index contributed by atoms with van der Waals surface area (Å²) in [5, 5.41) is 1.05. The molecule has 7 nitrogen and oxygen atoms in total. The number of carbonyl (C=O) groups excluding carboxylic acids is 3. The fraction of sp³-hybridized carbons (Fsp3) is 0.304. The highest BCUT2D eigenvalue weighted by Gasteiger charge is 2.38. The Morgan fingerprint density at radius 1 is 1.22 bits per heavy atom. The second-order valence-electron chi connectivity index (χ2n) is 7.92. The summed E-state index contributed by atoms with van der Waals surface area (Å²) >= 11 is 7.69. The van der Waals surface area contributed by atoms with Gasteiger partial charge in [0.15, 0.2) is 5.13 Å². The van der Waals surface area contributed by atoms with E-state index in [1.807, 2.05) is 19.1 Å². The van der Waals surface area contributed by atoms with Crippen molar-refractivity contribution in [3.8, 4) is 0 Å². The Labute approximate surface area is 193 Å². The number of carbonyl (C=O) groups is 3. The average molecular weight is 470 g/mol. The summed E-state index contributed by atoms with van der Waals surface area (Å²) in [5.41, 5.74) is 2.33. The molecule has 3 heterocycles. The van der Waals surface area contributed by atoms with Gasteiger partial charge in [-0.25, -0.2) is 4.98 Å². The van der Waals surface area contributed by atoms with E-state index in [0.717, 1.165) is 33.5 Å². The van der Waals surface area contributed by atoms with E-state index in [0.29, 0.717) is 34.4 Å². The highest BCUT2D eigenvalue weighted by molar-refractivity contribution is 7.23. The van der Waals surface area contributed by atoms with Crippen molar-refractivity contribution in [2.24, 2.45) is 0 Å². The first kappa shape index (κ1) is 21.1. The van der Waals surface area contributed by atoms with Crippen LogP contribution in [0.1, 0.15) is 39.1 Å². The number of ether oxygens (including phenoxy) is 1. The number of fused-ring (bicyclic) bond motifs is 2. The number of aromatic nitrogens is 1. The van der Waals surface area contributed by atoms with Crippen LogP contribution < -0.4 is 4.90 Å². The van der Waals surface area contributed by atoms with Crippen LogP contribution in [0.5, 0.6) is 0 Å². The third kappa shape index (κ3) is 3.58. The number of hydrogen-bond acceptors (Lipinski definition) is 6. The second-order valence-corrected chi connectivity index (χ2v) is 9.30. The molecule has 5 rings (SSSR count). The van der Waals surface area contributed by atoms with Crippen molar-refractivity contribution in [2.75, 3.05) is 24.6 Å². The van der Waals surface area contributed by atoms with Gasteiger partial charge in [0.1, 0.15) is 6.54 Å². The number of halogens is 1. The SMILES string of the molecule is Cc1ccc(Cl)c2sc(N(CC3CCCO3)C(=O)CN3C(=O)c4ccccc4C3=O)nc12. The van der Waals surface area contributed by atoms with Gasteiger partial charge in [0.2, 0.25) is 5.91 Å². The zero-order valence-corrected chi connectivity index (χ0v) is 18.9. The number of imide groups is 1. The van der Waals surface area contributed by atoms with E-state index in [1.54, 1.807) is 24.3 Å². The fourth-order valence-electron chi connectivity index (χ4n) is 4.09. The number of hydrogen-bond donors (Lipinski definition) is 0. The van der Waals surface area contributed by atoms with Crippen LogP contribution in [0.15, 0.2) is 36.4 Å². The molecule has 0 N–H and O–H groups in total. The van der Waals surface area contributed by atoms with E-state index in [1.165, 1.54) is 16.2 Å². The van der Waals surface area contributed by atoms with Crippen molar-refractivity contribution >= 4 is 56.0 Å².